The second-order valence-corrected chi connectivity index (χ2v) is 8.05. The van der Waals surface area contributed by atoms with Gasteiger partial charge < -0.3 is 14.4 Å². The summed E-state index contributed by atoms with van der Waals surface area (Å²) in [7, 11) is -3.98. The van der Waals surface area contributed by atoms with Gasteiger partial charge in [0.05, 0.1) is 28.2 Å². The van der Waals surface area contributed by atoms with Crippen molar-refractivity contribution in [2.45, 2.75) is 17.9 Å². The average Bonchev–Trinajstić information content (AvgIpc) is 2.62. The molecule has 1 unspecified atom stereocenters. The lowest BCUT2D eigenvalue weighted by atomic mass is 10.3. The Labute approximate surface area is 161 Å². The van der Waals surface area contributed by atoms with E-state index in [-0.39, 0.29) is 20.8 Å². The number of sulfonamides is 1. The van der Waals surface area contributed by atoms with E-state index in [1.807, 2.05) is 0 Å². The van der Waals surface area contributed by atoms with Crippen LogP contribution in [0.5, 0.6) is 0 Å². The summed E-state index contributed by atoms with van der Waals surface area (Å²) >= 11 is 11.5. The van der Waals surface area contributed by atoms with Crippen LogP contribution in [0, 0.1) is 0 Å². The molecule has 0 aliphatic carbocycles. The minimum atomic E-state index is -3.98. The summed E-state index contributed by atoms with van der Waals surface area (Å²) in [5.74, 6) is -1.23. The number of carbonyl (C=O) groups is 2. The third-order valence-corrected chi connectivity index (χ3v) is 5.72. The number of esters is 1. The fraction of sp³-hybridized carbons (Fsp3) is 0.467. The van der Waals surface area contributed by atoms with Gasteiger partial charge >= 0.3 is 5.97 Å². The van der Waals surface area contributed by atoms with E-state index >= 15 is 0 Å². The number of nitrogens with zero attached hydrogens (tertiary/aromatic N) is 1. The predicted octanol–water partition coefficient (Wildman–Crippen LogP) is 1.06. The molecule has 1 atom stereocenters. The summed E-state index contributed by atoms with van der Waals surface area (Å²) in [5, 5.41) is 0.280. The zero-order valence-electron chi connectivity index (χ0n) is 13.9. The molecule has 1 aliphatic rings. The Morgan fingerprint density at radius 3 is 2.54 bits per heavy atom. The lowest BCUT2D eigenvalue weighted by Gasteiger charge is -2.28. The van der Waals surface area contributed by atoms with Gasteiger partial charge in [0.15, 0.2) is 6.10 Å². The van der Waals surface area contributed by atoms with Crippen LogP contribution in [0.1, 0.15) is 6.92 Å². The molecule has 0 spiro atoms. The second kappa shape index (κ2) is 9.01. The first-order chi connectivity index (χ1) is 12.2. The lowest BCUT2D eigenvalue weighted by Crippen LogP contribution is -2.46. The van der Waals surface area contributed by atoms with Gasteiger partial charge in [0.1, 0.15) is 6.54 Å². The summed E-state index contributed by atoms with van der Waals surface area (Å²) in [6.07, 6.45) is -1.02. The first-order valence-electron chi connectivity index (χ1n) is 7.71. The molecule has 1 heterocycles. The van der Waals surface area contributed by atoms with E-state index in [2.05, 4.69) is 4.72 Å². The van der Waals surface area contributed by atoms with Gasteiger partial charge in [-0.05, 0) is 25.1 Å². The van der Waals surface area contributed by atoms with Gasteiger partial charge in [-0.25, -0.2) is 8.42 Å². The molecule has 0 aromatic heterocycles. The van der Waals surface area contributed by atoms with Gasteiger partial charge in [-0.1, -0.05) is 23.2 Å². The normalized spacial score (nSPS) is 16.2. The largest absolute Gasteiger partial charge is 0.452 e. The highest BCUT2D eigenvalue weighted by atomic mass is 35.5. The summed E-state index contributed by atoms with van der Waals surface area (Å²) < 4.78 is 36.6. The van der Waals surface area contributed by atoms with E-state index < -0.39 is 28.6 Å². The van der Waals surface area contributed by atoms with Crippen LogP contribution >= 0.6 is 23.2 Å². The van der Waals surface area contributed by atoms with Crippen LogP contribution < -0.4 is 4.72 Å². The number of hydrogen-bond donors (Lipinski definition) is 1. The number of benzene rings is 1. The van der Waals surface area contributed by atoms with E-state index in [9.17, 15) is 18.0 Å². The fourth-order valence-corrected chi connectivity index (χ4v) is 3.57. The van der Waals surface area contributed by atoms with Crippen molar-refractivity contribution in [3.63, 3.8) is 0 Å². The number of amides is 1. The minimum Gasteiger partial charge on any atom is -0.452 e. The summed E-state index contributed by atoms with van der Waals surface area (Å²) in [6.45, 7) is 2.51. The van der Waals surface area contributed by atoms with Crippen molar-refractivity contribution in [1.29, 1.82) is 0 Å². The van der Waals surface area contributed by atoms with Gasteiger partial charge in [-0.15, -0.1) is 0 Å². The number of morpholine rings is 1. The van der Waals surface area contributed by atoms with Crippen LogP contribution in [-0.2, 0) is 29.1 Å². The van der Waals surface area contributed by atoms with Gasteiger partial charge in [0.2, 0.25) is 10.0 Å². The standard InChI is InChI=1S/C15H18Cl2N2O6S/c1-10(15(21)19-4-6-24-7-5-19)25-14(20)9-18-26(22,23)11-2-3-12(16)13(17)8-11/h2-3,8,10,18H,4-7,9H2,1H3. The van der Waals surface area contributed by atoms with Crippen molar-refractivity contribution in [2.24, 2.45) is 0 Å². The molecule has 2 rings (SSSR count). The smallest absolute Gasteiger partial charge is 0.321 e. The molecule has 0 bridgehead atoms. The Morgan fingerprint density at radius 1 is 1.27 bits per heavy atom. The Morgan fingerprint density at radius 2 is 1.92 bits per heavy atom. The molecule has 11 heteroatoms. The van der Waals surface area contributed by atoms with Crippen LogP contribution in [0.4, 0.5) is 0 Å². The van der Waals surface area contributed by atoms with Crippen LogP contribution in [0.15, 0.2) is 23.1 Å². The second-order valence-electron chi connectivity index (χ2n) is 5.47. The van der Waals surface area contributed by atoms with Crippen molar-refractivity contribution in [3.8, 4) is 0 Å². The molecular weight excluding hydrogens is 407 g/mol. The number of carbonyl (C=O) groups excluding carboxylic acids is 2. The minimum absolute atomic E-state index is 0.0712. The van der Waals surface area contributed by atoms with Crippen LogP contribution in [-0.4, -0.2) is 64.1 Å². The van der Waals surface area contributed by atoms with Gasteiger partial charge in [-0.3, -0.25) is 9.59 Å². The molecule has 1 N–H and O–H groups in total. The summed E-state index contributed by atoms with van der Waals surface area (Å²) in [4.78, 5) is 25.4. The number of nitrogens with one attached hydrogen (secondary N) is 1. The highest BCUT2D eigenvalue weighted by Crippen LogP contribution is 2.24. The molecule has 1 saturated heterocycles. The van der Waals surface area contributed by atoms with Crippen LogP contribution in [0.3, 0.4) is 0 Å². The molecular formula is C15H18Cl2N2O6S. The van der Waals surface area contributed by atoms with Crippen molar-refractivity contribution >= 4 is 45.1 Å². The number of hydrogen-bond acceptors (Lipinski definition) is 6. The Kier molecular flexibility index (Phi) is 7.24. The van der Waals surface area contributed by atoms with E-state index in [0.717, 1.165) is 0 Å². The maximum Gasteiger partial charge on any atom is 0.321 e. The zero-order valence-corrected chi connectivity index (χ0v) is 16.2. The lowest BCUT2D eigenvalue weighted by molar-refractivity contribution is -0.160. The first kappa shape index (κ1) is 20.9. The highest BCUT2D eigenvalue weighted by Gasteiger charge is 2.26. The maximum atomic E-state index is 12.2. The monoisotopic (exact) mass is 424 g/mol. The van der Waals surface area contributed by atoms with E-state index in [4.69, 9.17) is 32.7 Å². The zero-order chi connectivity index (χ0) is 19.3. The van der Waals surface area contributed by atoms with Gasteiger partial charge in [0.25, 0.3) is 5.91 Å². The van der Waals surface area contributed by atoms with Gasteiger partial charge in [-0.2, -0.15) is 4.72 Å². The van der Waals surface area contributed by atoms with Crippen molar-refractivity contribution in [3.05, 3.63) is 28.2 Å². The van der Waals surface area contributed by atoms with Gasteiger partial charge in [0, 0.05) is 13.1 Å². The van der Waals surface area contributed by atoms with E-state index in [1.165, 1.54) is 30.0 Å². The summed E-state index contributed by atoms with van der Waals surface area (Å²) in [6, 6.07) is 3.76. The fourth-order valence-electron chi connectivity index (χ4n) is 2.21. The molecule has 0 radical (unpaired) electrons. The average molecular weight is 425 g/mol. The number of rotatable bonds is 6. The third kappa shape index (κ3) is 5.55. The van der Waals surface area contributed by atoms with Crippen LogP contribution in [0.2, 0.25) is 10.0 Å². The molecule has 144 valence electrons. The van der Waals surface area contributed by atoms with Crippen molar-refractivity contribution in [2.75, 3.05) is 32.8 Å². The Bertz CT molecular complexity index is 780. The predicted molar refractivity (Wildman–Crippen MR) is 94.6 cm³/mol. The van der Waals surface area contributed by atoms with Crippen molar-refractivity contribution in [1.82, 2.24) is 9.62 Å². The van der Waals surface area contributed by atoms with Crippen LogP contribution in [0.25, 0.3) is 0 Å². The highest BCUT2D eigenvalue weighted by molar-refractivity contribution is 7.89. The molecule has 1 fully saturated rings. The number of ether oxygens (including phenoxy) is 2. The molecule has 26 heavy (non-hydrogen) atoms. The molecule has 1 aliphatic heterocycles. The van der Waals surface area contributed by atoms with E-state index in [0.29, 0.717) is 26.3 Å². The molecule has 8 nitrogen and oxygen atoms in total. The van der Waals surface area contributed by atoms with E-state index in [1.54, 1.807) is 0 Å². The third-order valence-electron chi connectivity index (χ3n) is 3.59. The summed E-state index contributed by atoms with van der Waals surface area (Å²) in [5.41, 5.74) is 0. The topological polar surface area (TPSA) is 102 Å². The Balaban J connectivity index is 1.88. The molecule has 1 aromatic carbocycles. The first-order valence-corrected chi connectivity index (χ1v) is 9.95. The van der Waals surface area contributed by atoms with Crippen molar-refractivity contribution < 1.29 is 27.5 Å². The quantitative estimate of drug-likeness (QED) is 0.684. The maximum absolute atomic E-state index is 12.2. The SMILES string of the molecule is CC(OC(=O)CNS(=O)(=O)c1ccc(Cl)c(Cl)c1)C(=O)N1CCOCC1. The molecule has 1 aromatic rings. The molecule has 1 amide bonds. The Hall–Kier alpha value is -1.39. The number of halogens is 2. The molecule has 0 saturated carbocycles.